The van der Waals surface area contributed by atoms with Crippen molar-refractivity contribution in [3.63, 3.8) is 0 Å². The number of alkyl halides is 1. The molecule has 0 amide bonds. The van der Waals surface area contributed by atoms with Crippen molar-refractivity contribution < 1.29 is 0 Å². The molecule has 1 aromatic rings. The van der Waals surface area contributed by atoms with Crippen molar-refractivity contribution in [1.82, 2.24) is 4.90 Å². The molecular weight excluding hydrogens is 265 g/mol. The van der Waals surface area contributed by atoms with Gasteiger partial charge in [0.1, 0.15) is 0 Å². The molecular formula is C15H21Cl2N. The minimum atomic E-state index is 0.0502. The molecule has 0 N–H and O–H groups in total. The van der Waals surface area contributed by atoms with Crippen molar-refractivity contribution in [3.8, 4) is 0 Å². The zero-order valence-corrected chi connectivity index (χ0v) is 12.4. The van der Waals surface area contributed by atoms with Gasteiger partial charge in [0.2, 0.25) is 0 Å². The Bertz CT molecular complexity index is 357. The smallest absolute Gasteiger partial charge is 0.0712 e. The van der Waals surface area contributed by atoms with E-state index in [1.807, 2.05) is 24.3 Å². The van der Waals surface area contributed by atoms with Crippen LogP contribution >= 0.6 is 23.2 Å². The summed E-state index contributed by atoms with van der Waals surface area (Å²) in [7, 11) is 2.20. The van der Waals surface area contributed by atoms with E-state index in [1.54, 1.807) is 0 Å². The first-order valence-electron chi connectivity index (χ1n) is 6.76. The Morgan fingerprint density at radius 1 is 1.17 bits per heavy atom. The van der Waals surface area contributed by atoms with Crippen LogP contribution in [0.2, 0.25) is 5.02 Å². The van der Waals surface area contributed by atoms with E-state index in [9.17, 15) is 0 Å². The Labute approximate surface area is 120 Å². The van der Waals surface area contributed by atoms with Crippen molar-refractivity contribution in [2.24, 2.45) is 0 Å². The van der Waals surface area contributed by atoms with Gasteiger partial charge in [0.15, 0.2) is 0 Å². The predicted molar refractivity (Wildman–Crippen MR) is 79.5 cm³/mol. The monoisotopic (exact) mass is 285 g/mol. The molecule has 0 heterocycles. The summed E-state index contributed by atoms with van der Waals surface area (Å²) in [5.41, 5.74) is 1.16. The van der Waals surface area contributed by atoms with Gasteiger partial charge in [-0.1, -0.05) is 43.0 Å². The highest BCUT2D eigenvalue weighted by Gasteiger charge is 2.20. The Balaban J connectivity index is 1.89. The molecule has 100 valence electrons. The Kier molecular flexibility index (Phi) is 5.35. The highest BCUT2D eigenvalue weighted by molar-refractivity contribution is 6.30. The molecule has 0 radical (unpaired) electrons. The standard InChI is InChI=1S/C15H21Cl2N/c1-18(14-5-3-2-4-6-14)11-15(17)12-7-9-13(16)10-8-12/h7-10,14-15H,2-6,11H2,1H3. The fraction of sp³-hybridized carbons (Fsp3) is 0.600. The molecule has 1 saturated carbocycles. The number of rotatable bonds is 4. The van der Waals surface area contributed by atoms with E-state index in [1.165, 1.54) is 32.1 Å². The van der Waals surface area contributed by atoms with E-state index in [2.05, 4.69) is 11.9 Å². The normalized spacial score (nSPS) is 19.1. The number of likely N-dealkylation sites (N-methyl/N-ethyl adjacent to an activating group) is 1. The van der Waals surface area contributed by atoms with Gasteiger partial charge < -0.3 is 4.90 Å². The third-order valence-corrected chi connectivity index (χ3v) is 4.52. The van der Waals surface area contributed by atoms with Crippen LogP contribution in [0.4, 0.5) is 0 Å². The van der Waals surface area contributed by atoms with Gasteiger partial charge in [-0.25, -0.2) is 0 Å². The molecule has 18 heavy (non-hydrogen) atoms. The lowest BCUT2D eigenvalue weighted by atomic mass is 9.94. The second kappa shape index (κ2) is 6.79. The van der Waals surface area contributed by atoms with Crippen molar-refractivity contribution in [3.05, 3.63) is 34.9 Å². The number of halogens is 2. The Morgan fingerprint density at radius 2 is 1.78 bits per heavy atom. The summed E-state index contributed by atoms with van der Waals surface area (Å²) in [6, 6.07) is 8.58. The lowest BCUT2D eigenvalue weighted by Gasteiger charge is -2.32. The topological polar surface area (TPSA) is 3.24 Å². The zero-order chi connectivity index (χ0) is 13.0. The fourth-order valence-corrected chi connectivity index (χ4v) is 3.19. The highest BCUT2D eigenvalue weighted by Crippen LogP contribution is 2.27. The molecule has 0 bridgehead atoms. The quantitative estimate of drug-likeness (QED) is 0.713. The molecule has 1 fully saturated rings. The van der Waals surface area contributed by atoms with Gasteiger partial charge in [-0.05, 0) is 37.6 Å². The van der Waals surface area contributed by atoms with E-state index < -0.39 is 0 Å². The van der Waals surface area contributed by atoms with Crippen molar-refractivity contribution >= 4 is 23.2 Å². The van der Waals surface area contributed by atoms with E-state index in [0.717, 1.165) is 17.1 Å². The Morgan fingerprint density at radius 3 is 2.39 bits per heavy atom. The third kappa shape index (κ3) is 3.88. The largest absolute Gasteiger partial charge is 0.302 e. The SMILES string of the molecule is CN(CC(Cl)c1ccc(Cl)cc1)C1CCCCC1. The predicted octanol–water partition coefficient (Wildman–Crippen LogP) is 4.88. The van der Waals surface area contributed by atoms with Gasteiger partial charge in [0.25, 0.3) is 0 Å². The lowest BCUT2D eigenvalue weighted by molar-refractivity contribution is 0.192. The second-order valence-corrected chi connectivity index (χ2v) is 6.21. The van der Waals surface area contributed by atoms with Gasteiger partial charge in [0.05, 0.1) is 5.38 Å². The average molecular weight is 286 g/mol. The van der Waals surface area contributed by atoms with E-state index in [-0.39, 0.29) is 5.38 Å². The van der Waals surface area contributed by atoms with Crippen molar-refractivity contribution in [2.75, 3.05) is 13.6 Å². The van der Waals surface area contributed by atoms with E-state index >= 15 is 0 Å². The summed E-state index contributed by atoms with van der Waals surface area (Å²) in [5.74, 6) is 0. The molecule has 1 aromatic carbocycles. The molecule has 0 aromatic heterocycles. The lowest BCUT2D eigenvalue weighted by Crippen LogP contribution is -2.35. The van der Waals surface area contributed by atoms with Crippen molar-refractivity contribution in [1.29, 1.82) is 0 Å². The molecule has 1 aliphatic rings. The van der Waals surface area contributed by atoms with Gasteiger partial charge in [-0.2, -0.15) is 0 Å². The van der Waals surface area contributed by atoms with Gasteiger partial charge >= 0.3 is 0 Å². The average Bonchev–Trinajstić information content (AvgIpc) is 2.40. The molecule has 0 aliphatic heterocycles. The van der Waals surface area contributed by atoms with Crippen LogP contribution in [0, 0.1) is 0 Å². The van der Waals surface area contributed by atoms with Crippen LogP contribution in [0.15, 0.2) is 24.3 Å². The zero-order valence-electron chi connectivity index (χ0n) is 10.9. The summed E-state index contributed by atoms with van der Waals surface area (Å²) < 4.78 is 0. The van der Waals surface area contributed by atoms with Gasteiger partial charge in [-0.3, -0.25) is 0 Å². The summed E-state index contributed by atoms with van der Waals surface area (Å²) in [4.78, 5) is 2.42. The van der Waals surface area contributed by atoms with E-state index in [0.29, 0.717) is 6.04 Å². The fourth-order valence-electron chi connectivity index (χ4n) is 2.70. The molecule has 1 nitrogen and oxygen atoms in total. The molecule has 2 rings (SSSR count). The van der Waals surface area contributed by atoms with Crippen LogP contribution in [-0.4, -0.2) is 24.5 Å². The second-order valence-electron chi connectivity index (χ2n) is 5.25. The summed E-state index contributed by atoms with van der Waals surface area (Å²) in [6.45, 7) is 0.911. The van der Waals surface area contributed by atoms with Crippen LogP contribution in [0.25, 0.3) is 0 Å². The minimum absolute atomic E-state index is 0.0502. The third-order valence-electron chi connectivity index (χ3n) is 3.88. The van der Waals surface area contributed by atoms with Gasteiger partial charge in [0, 0.05) is 17.6 Å². The summed E-state index contributed by atoms with van der Waals surface area (Å²) in [5, 5.41) is 0.817. The molecule has 1 aliphatic carbocycles. The van der Waals surface area contributed by atoms with Crippen LogP contribution in [0.3, 0.4) is 0 Å². The first-order valence-corrected chi connectivity index (χ1v) is 7.58. The molecule has 1 atom stereocenters. The number of hydrogen-bond acceptors (Lipinski definition) is 1. The highest BCUT2D eigenvalue weighted by atomic mass is 35.5. The molecule has 0 saturated heterocycles. The summed E-state index contributed by atoms with van der Waals surface area (Å²) >= 11 is 12.4. The maximum absolute atomic E-state index is 6.49. The van der Waals surface area contributed by atoms with Crippen LogP contribution in [0.1, 0.15) is 43.0 Å². The van der Waals surface area contributed by atoms with Crippen LogP contribution in [0.5, 0.6) is 0 Å². The Hall–Kier alpha value is -0.240. The molecule has 3 heteroatoms. The first-order chi connectivity index (χ1) is 8.66. The summed E-state index contributed by atoms with van der Waals surface area (Å²) in [6.07, 6.45) is 6.76. The van der Waals surface area contributed by atoms with Crippen LogP contribution < -0.4 is 0 Å². The molecule has 0 spiro atoms. The van der Waals surface area contributed by atoms with E-state index in [4.69, 9.17) is 23.2 Å². The maximum Gasteiger partial charge on any atom is 0.0712 e. The minimum Gasteiger partial charge on any atom is -0.302 e. The number of benzene rings is 1. The number of hydrogen-bond donors (Lipinski definition) is 0. The van der Waals surface area contributed by atoms with Gasteiger partial charge in [-0.15, -0.1) is 11.6 Å². The van der Waals surface area contributed by atoms with Crippen LogP contribution in [-0.2, 0) is 0 Å². The molecule has 1 unspecified atom stereocenters. The number of nitrogens with zero attached hydrogens (tertiary/aromatic N) is 1. The first kappa shape index (κ1) is 14.2. The van der Waals surface area contributed by atoms with Crippen molar-refractivity contribution in [2.45, 2.75) is 43.5 Å². The maximum atomic E-state index is 6.49.